The van der Waals surface area contributed by atoms with Gasteiger partial charge in [-0.25, -0.2) is 4.98 Å². The highest BCUT2D eigenvalue weighted by Gasteiger charge is 2.22. The molecule has 0 aliphatic heterocycles. The fraction of sp³-hybridized carbons (Fsp3) is 0.0541. The van der Waals surface area contributed by atoms with Crippen molar-refractivity contribution in [1.29, 1.82) is 0 Å². The highest BCUT2D eigenvalue weighted by atomic mass is 15.1. The summed E-state index contributed by atoms with van der Waals surface area (Å²) in [7, 11) is 0. The molecule has 8 rings (SSSR count). The summed E-state index contributed by atoms with van der Waals surface area (Å²) in [4.78, 5) is 4.84. The predicted molar refractivity (Wildman–Crippen MR) is 163 cm³/mol. The third-order valence-electron chi connectivity index (χ3n) is 8.15. The fourth-order valence-electron chi connectivity index (χ4n) is 6.31. The van der Waals surface area contributed by atoms with E-state index >= 15 is 0 Å². The molecule has 1 aliphatic carbocycles. The summed E-state index contributed by atoms with van der Waals surface area (Å²) in [6.07, 6.45) is 0.890. The average molecular weight is 499 g/mol. The summed E-state index contributed by atoms with van der Waals surface area (Å²) < 4.78 is 2.27. The Morgan fingerprint density at radius 2 is 1.10 bits per heavy atom. The molecule has 39 heavy (non-hydrogen) atoms. The number of nitrogens with zero attached hydrogens (tertiary/aromatic N) is 2. The normalized spacial score (nSPS) is 11.8. The number of para-hydroxylation sites is 2. The Kier molecular flexibility index (Phi) is 4.83. The molecule has 1 heterocycles. The third-order valence-corrected chi connectivity index (χ3v) is 8.15. The number of aromatic nitrogens is 2. The van der Waals surface area contributed by atoms with Gasteiger partial charge in [-0.2, -0.15) is 0 Å². The van der Waals surface area contributed by atoms with E-state index in [1.807, 2.05) is 0 Å². The first kappa shape index (κ1) is 22.1. The van der Waals surface area contributed by atoms with E-state index in [4.69, 9.17) is 4.98 Å². The molecule has 184 valence electrons. The second-order valence-corrected chi connectivity index (χ2v) is 10.3. The Morgan fingerprint density at radius 3 is 1.85 bits per heavy atom. The van der Waals surface area contributed by atoms with Gasteiger partial charge in [-0.15, -0.1) is 0 Å². The lowest BCUT2D eigenvalue weighted by Crippen LogP contribution is -1.99. The largest absolute Gasteiger partial charge is 0.296 e. The third kappa shape index (κ3) is 3.31. The Labute approximate surface area is 227 Å². The molecule has 6 aromatic carbocycles. The predicted octanol–water partition coefficient (Wildman–Crippen LogP) is 9.72. The Balaban J connectivity index is 1.15. The van der Waals surface area contributed by atoms with Gasteiger partial charge >= 0.3 is 0 Å². The van der Waals surface area contributed by atoms with Crippen molar-refractivity contribution in [2.45, 2.75) is 13.3 Å². The van der Waals surface area contributed by atoms with Crippen molar-refractivity contribution in [3.8, 4) is 50.2 Å². The second kappa shape index (κ2) is 8.54. The smallest absolute Gasteiger partial charge is 0.114 e. The highest BCUT2D eigenvalue weighted by molar-refractivity contribution is 6.18. The first-order valence-electron chi connectivity index (χ1n) is 13.6. The number of hydrogen-bond acceptors (Lipinski definition) is 1. The topological polar surface area (TPSA) is 17.8 Å². The lowest BCUT2D eigenvalue weighted by molar-refractivity contribution is 0.908. The molecule has 0 saturated carbocycles. The Hall–Kier alpha value is -4.95. The first-order valence-corrected chi connectivity index (χ1v) is 13.6. The summed E-state index contributed by atoms with van der Waals surface area (Å²) in [5, 5.41) is 2.69. The monoisotopic (exact) mass is 498 g/mol. The lowest BCUT2D eigenvalue weighted by atomic mass is 9.93. The molecule has 0 N–H and O–H groups in total. The molecule has 1 aromatic heterocycles. The molecule has 0 fully saturated rings. The van der Waals surface area contributed by atoms with E-state index in [0.29, 0.717) is 0 Å². The summed E-state index contributed by atoms with van der Waals surface area (Å²) in [6, 6.07) is 46.2. The van der Waals surface area contributed by atoms with Crippen LogP contribution in [0.1, 0.15) is 12.7 Å². The van der Waals surface area contributed by atoms with Crippen LogP contribution in [0.4, 0.5) is 0 Å². The van der Waals surface area contributed by atoms with Gasteiger partial charge < -0.3 is 0 Å². The molecule has 0 bridgehead atoms. The quantitative estimate of drug-likeness (QED) is 0.236. The number of fused-ring (bicyclic) bond motifs is 4. The molecule has 2 nitrogen and oxygen atoms in total. The highest BCUT2D eigenvalue weighted by Crippen LogP contribution is 2.49. The van der Waals surface area contributed by atoms with Crippen molar-refractivity contribution in [3.63, 3.8) is 0 Å². The zero-order valence-corrected chi connectivity index (χ0v) is 21.7. The molecule has 0 spiro atoms. The molecular weight excluding hydrogens is 472 g/mol. The zero-order valence-electron chi connectivity index (χ0n) is 21.7. The number of aryl methyl sites for hydroxylation is 1. The number of rotatable bonds is 4. The van der Waals surface area contributed by atoms with Gasteiger partial charge in [-0.05, 0) is 79.5 Å². The van der Waals surface area contributed by atoms with E-state index in [2.05, 4.69) is 139 Å². The maximum absolute atomic E-state index is 4.84. The minimum Gasteiger partial charge on any atom is -0.296 e. The molecule has 2 heteroatoms. The Bertz CT molecular complexity index is 2000. The maximum Gasteiger partial charge on any atom is 0.114 e. The van der Waals surface area contributed by atoms with E-state index < -0.39 is 0 Å². The van der Waals surface area contributed by atoms with Crippen LogP contribution >= 0.6 is 0 Å². The zero-order chi connectivity index (χ0) is 25.9. The van der Waals surface area contributed by atoms with Crippen molar-refractivity contribution in [1.82, 2.24) is 9.55 Å². The van der Waals surface area contributed by atoms with Crippen LogP contribution in [0, 0.1) is 0 Å². The van der Waals surface area contributed by atoms with Gasteiger partial charge in [0.1, 0.15) is 5.82 Å². The molecule has 0 saturated heterocycles. The summed E-state index contributed by atoms with van der Waals surface area (Å²) >= 11 is 0. The van der Waals surface area contributed by atoms with E-state index in [1.165, 1.54) is 55.3 Å². The van der Waals surface area contributed by atoms with Crippen LogP contribution in [0.15, 0.2) is 127 Å². The van der Waals surface area contributed by atoms with Gasteiger partial charge in [0.15, 0.2) is 0 Å². The van der Waals surface area contributed by atoms with Crippen LogP contribution in [0.5, 0.6) is 0 Å². The van der Waals surface area contributed by atoms with Crippen LogP contribution in [0.25, 0.3) is 72.0 Å². The van der Waals surface area contributed by atoms with Crippen molar-refractivity contribution >= 4 is 21.8 Å². The lowest BCUT2D eigenvalue weighted by Gasteiger charge is -2.12. The average Bonchev–Trinajstić information content (AvgIpc) is 3.55. The standard InChI is InChI=1S/C37H26N2/c1-2-36-38-34-12-5-6-13-35(34)39(36)27-20-18-25(19-21-27)24-14-16-26(17-15-24)28-22-23-33-30-9-4-3-8-29(30)32-11-7-10-31(28)37(32)33/h3-23H,2H2,1H3. The first-order chi connectivity index (χ1) is 19.3. The maximum atomic E-state index is 4.84. The van der Waals surface area contributed by atoms with Crippen LogP contribution in [0.2, 0.25) is 0 Å². The van der Waals surface area contributed by atoms with Gasteiger partial charge in [-0.3, -0.25) is 4.57 Å². The van der Waals surface area contributed by atoms with Crippen LogP contribution in [-0.4, -0.2) is 9.55 Å². The van der Waals surface area contributed by atoms with Gasteiger partial charge in [0.2, 0.25) is 0 Å². The minimum atomic E-state index is 0.890. The fourth-order valence-corrected chi connectivity index (χ4v) is 6.31. The minimum absolute atomic E-state index is 0.890. The van der Waals surface area contributed by atoms with Crippen molar-refractivity contribution < 1.29 is 0 Å². The molecule has 7 aromatic rings. The number of benzene rings is 6. The van der Waals surface area contributed by atoms with Gasteiger partial charge in [0.25, 0.3) is 0 Å². The molecule has 0 atom stereocenters. The number of hydrogen-bond donors (Lipinski definition) is 0. The molecule has 0 unspecified atom stereocenters. The molecular formula is C37H26N2. The summed E-state index contributed by atoms with van der Waals surface area (Å²) in [5.41, 5.74) is 13.7. The van der Waals surface area contributed by atoms with Crippen LogP contribution in [-0.2, 0) is 6.42 Å². The molecule has 1 aliphatic rings. The Morgan fingerprint density at radius 1 is 0.513 bits per heavy atom. The molecule has 0 amide bonds. The summed E-state index contributed by atoms with van der Waals surface area (Å²) in [5.74, 6) is 1.08. The second-order valence-electron chi connectivity index (χ2n) is 10.3. The van der Waals surface area contributed by atoms with Crippen LogP contribution < -0.4 is 0 Å². The van der Waals surface area contributed by atoms with Crippen molar-refractivity contribution in [2.75, 3.05) is 0 Å². The molecule has 0 radical (unpaired) electrons. The van der Waals surface area contributed by atoms with Gasteiger partial charge in [0, 0.05) is 12.1 Å². The van der Waals surface area contributed by atoms with Gasteiger partial charge in [0.05, 0.1) is 11.0 Å². The summed E-state index contributed by atoms with van der Waals surface area (Å²) in [6.45, 7) is 2.16. The van der Waals surface area contributed by atoms with E-state index in [9.17, 15) is 0 Å². The van der Waals surface area contributed by atoms with E-state index in [1.54, 1.807) is 0 Å². The van der Waals surface area contributed by atoms with Crippen molar-refractivity contribution in [2.24, 2.45) is 0 Å². The van der Waals surface area contributed by atoms with Gasteiger partial charge in [-0.1, -0.05) is 110 Å². The SMILES string of the molecule is CCc1nc2ccccc2n1-c1ccc(-c2ccc(-c3ccc4c5c(cccc35)-c3ccccc3-4)cc2)cc1. The number of imidazole rings is 1. The van der Waals surface area contributed by atoms with E-state index in [-0.39, 0.29) is 0 Å². The van der Waals surface area contributed by atoms with Crippen LogP contribution in [0.3, 0.4) is 0 Å². The van der Waals surface area contributed by atoms with E-state index in [0.717, 1.165) is 29.0 Å². The van der Waals surface area contributed by atoms with Crippen molar-refractivity contribution in [3.05, 3.63) is 133 Å².